The number of piperidine rings is 1. The predicted molar refractivity (Wildman–Crippen MR) is 177 cm³/mol. The van der Waals surface area contributed by atoms with E-state index in [0.29, 0.717) is 29.2 Å². The second kappa shape index (κ2) is 13.7. The lowest BCUT2D eigenvalue weighted by atomic mass is 9.97. The van der Waals surface area contributed by atoms with Crippen LogP contribution >= 0.6 is 23.7 Å². The quantitative estimate of drug-likeness (QED) is 0.0938. The SMILES string of the molecule is Cl.O=C(c1ccc(OCCN2CCCCC2)cc1)c1c(-c2ccc(OC(=O)C3CC3)cc2)sc2cc(OC(=O)C3CC3)ccc12. The number of fused-ring (bicyclic) bond motifs is 1. The summed E-state index contributed by atoms with van der Waals surface area (Å²) in [6.07, 6.45) is 7.32. The molecule has 3 fully saturated rings. The highest BCUT2D eigenvalue weighted by Gasteiger charge is 2.32. The van der Waals surface area contributed by atoms with Crippen LogP contribution in [0.1, 0.15) is 60.9 Å². The average Bonchev–Trinajstić information content (AvgIpc) is 3.98. The van der Waals surface area contributed by atoms with Crippen LogP contribution in [-0.4, -0.2) is 48.9 Å². The van der Waals surface area contributed by atoms with Gasteiger partial charge in [0, 0.05) is 32.6 Å². The van der Waals surface area contributed by atoms with Gasteiger partial charge in [-0.3, -0.25) is 19.3 Å². The summed E-state index contributed by atoms with van der Waals surface area (Å²) in [5.41, 5.74) is 2.00. The first kappa shape index (κ1) is 31.3. The number of halogens is 1. The summed E-state index contributed by atoms with van der Waals surface area (Å²) in [7, 11) is 0. The number of benzene rings is 3. The lowest BCUT2D eigenvalue weighted by Gasteiger charge is -2.26. The second-order valence-electron chi connectivity index (χ2n) is 12.0. The van der Waals surface area contributed by atoms with Gasteiger partial charge in [0.15, 0.2) is 5.78 Å². The van der Waals surface area contributed by atoms with E-state index >= 15 is 0 Å². The molecule has 2 saturated carbocycles. The van der Waals surface area contributed by atoms with E-state index in [0.717, 1.165) is 71.6 Å². The van der Waals surface area contributed by atoms with Crippen LogP contribution in [0.3, 0.4) is 0 Å². The Morgan fingerprint density at radius 3 is 1.98 bits per heavy atom. The Morgan fingerprint density at radius 2 is 1.33 bits per heavy atom. The van der Waals surface area contributed by atoms with Crippen molar-refractivity contribution in [1.29, 1.82) is 0 Å². The van der Waals surface area contributed by atoms with Gasteiger partial charge in [0.2, 0.25) is 0 Å². The monoisotopic (exact) mass is 645 g/mol. The molecule has 1 aliphatic heterocycles. The van der Waals surface area contributed by atoms with E-state index < -0.39 is 0 Å². The molecular weight excluding hydrogens is 610 g/mol. The molecule has 0 amide bonds. The van der Waals surface area contributed by atoms with E-state index in [4.69, 9.17) is 14.2 Å². The number of carbonyl (C=O) groups excluding carboxylic acids is 3. The first-order chi connectivity index (χ1) is 21.5. The minimum Gasteiger partial charge on any atom is -0.492 e. The molecule has 2 heterocycles. The molecule has 2 aliphatic carbocycles. The van der Waals surface area contributed by atoms with Gasteiger partial charge in [0.05, 0.1) is 11.8 Å². The molecule has 0 spiro atoms. The third-order valence-electron chi connectivity index (χ3n) is 8.50. The van der Waals surface area contributed by atoms with Gasteiger partial charge in [0.1, 0.15) is 23.9 Å². The molecule has 0 N–H and O–H groups in total. The van der Waals surface area contributed by atoms with Crippen LogP contribution in [0.15, 0.2) is 66.7 Å². The van der Waals surface area contributed by atoms with E-state index in [2.05, 4.69) is 4.90 Å². The van der Waals surface area contributed by atoms with Crippen molar-refractivity contribution in [2.75, 3.05) is 26.2 Å². The number of hydrogen-bond donors (Lipinski definition) is 0. The number of rotatable bonds is 11. The lowest BCUT2D eigenvalue weighted by Crippen LogP contribution is -2.33. The zero-order chi connectivity index (χ0) is 30.0. The third kappa shape index (κ3) is 7.40. The van der Waals surface area contributed by atoms with Crippen LogP contribution in [0.2, 0.25) is 0 Å². The number of likely N-dealkylation sites (tertiary alicyclic amines) is 1. The summed E-state index contributed by atoms with van der Waals surface area (Å²) in [6.45, 7) is 3.78. The van der Waals surface area contributed by atoms with Crippen LogP contribution in [-0.2, 0) is 9.59 Å². The van der Waals surface area contributed by atoms with Gasteiger partial charge in [-0.25, -0.2) is 0 Å². The molecule has 9 heteroatoms. The Bertz CT molecular complexity index is 1690. The molecule has 1 saturated heterocycles. The van der Waals surface area contributed by atoms with Gasteiger partial charge in [-0.1, -0.05) is 6.42 Å². The number of thiophene rings is 1. The number of nitrogens with zero attached hydrogens (tertiary/aromatic N) is 1. The average molecular weight is 646 g/mol. The fraction of sp³-hybridized carbons (Fsp3) is 0.361. The molecule has 1 aromatic heterocycles. The molecule has 0 atom stereocenters. The first-order valence-electron chi connectivity index (χ1n) is 15.6. The Morgan fingerprint density at radius 1 is 0.733 bits per heavy atom. The van der Waals surface area contributed by atoms with E-state index in [1.165, 1.54) is 30.6 Å². The third-order valence-corrected chi connectivity index (χ3v) is 9.71. The van der Waals surface area contributed by atoms with Crippen LogP contribution in [0.5, 0.6) is 17.2 Å². The molecule has 0 bridgehead atoms. The van der Waals surface area contributed by atoms with Crippen molar-refractivity contribution >= 4 is 51.6 Å². The van der Waals surface area contributed by atoms with Gasteiger partial charge in [-0.2, -0.15) is 0 Å². The van der Waals surface area contributed by atoms with Crippen molar-refractivity contribution < 1.29 is 28.6 Å². The van der Waals surface area contributed by atoms with Crippen LogP contribution < -0.4 is 14.2 Å². The van der Waals surface area contributed by atoms with Crippen LogP contribution in [0.25, 0.3) is 20.5 Å². The topological polar surface area (TPSA) is 82.1 Å². The fourth-order valence-electron chi connectivity index (χ4n) is 5.60. The van der Waals surface area contributed by atoms with Crippen LogP contribution in [0.4, 0.5) is 0 Å². The van der Waals surface area contributed by atoms with Gasteiger partial charge in [-0.15, -0.1) is 23.7 Å². The molecule has 7 nitrogen and oxygen atoms in total. The summed E-state index contributed by atoms with van der Waals surface area (Å²) >= 11 is 1.48. The summed E-state index contributed by atoms with van der Waals surface area (Å²) < 4.78 is 18.0. The maximum Gasteiger partial charge on any atom is 0.314 e. The highest BCUT2D eigenvalue weighted by atomic mass is 35.5. The Kier molecular flexibility index (Phi) is 9.54. The lowest BCUT2D eigenvalue weighted by molar-refractivity contribution is -0.136. The number of hydrogen-bond acceptors (Lipinski definition) is 8. The first-order valence-corrected chi connectivity index (χ1v) is 16.4. The van der Waals surface area contributed by atoms with Gasteiger partial charge >= 0.3 is 11.9 Å². The number of ketones is 1. The number of carbonyl (C=O) groups is 3. The van der Waals surface area contributed by atoms with Crippen molar-refractivity contribution in [3.05, 3.63) is 77.9 Å². The van der Waals surface area contributed by atoms with Gasteiger partial charge in [-0.05, 0) is 124 Å². The van der Waals surface area contributed by atoms with Gasteiger partial charge < -0.3 is 14.2 Å². The molecule has 45 heavy (non-hydrogen) atoms. The highest BCUT2D eigenvalue weighted by molar-refractivity contribution is 7.22. The largest absolute Gasteiger partial charge is 0.492 e. The molecule has 234 valence electrons. The number of esters is 2. The molecule has 0 radical (unpaired) electrons. The van der Waals surface area contributed by atoms with E-state index in [9.17, 15) is 14.4 Å². The van der Waals surface area contributed by atoms with Crippen molar-refractivity contribution in [2.45, 2.75) is 44.9 Å². The second-order valence-corrected chi connectivity index (χ2v) is 13.0. The van der Waals surface area contributed by atoms with E-state index in [-0.39, 0.29) is 42.0 Å². The smallest absolute Gasteiger partial charge is 0.314 e. The fourth-order valence-corrected chi connectivity index (χ4v) is 6.84. The van der Waals surface area contributed by atoms with Crippen molar-refractivity contribution in [1.82, 2.24) is 4.90 Å². The molecule has 4 aromatic rings. The summed E-state index contributed by atoms with van der Waals surface area (Å²) in [4.78, 5) is 41.8. The van der Waals surface area contributed by atoms with E-state index in [1.807, 2.05) is 48.5 Å². The predicted octanol–water partition coefficient (Wildman–Crippen LogP) is 7.72. The normalized spacial score (nSPS) is 16.5. The Labute approximate surface area is 272 Å². The van der Waals surface area contributed by atoms with Crippen molar-refractivity contribution in [3.8, 4) is 27.7 Å². The highest BCUT2D eigenvalue weighted by Crippen LogP contribution is 2.42. The molecule has 0 unspecified atom stereocenters. The van der Waals surface area contributed by atoms with Crippen LogP contribution in [0, 0.1) is 11.8 Å². The van der Waals surface area contributed by atoms with Gasteiger partial charge in [0.25, 0.3) is 0 Å². The zero-order valence-corrected chi connectivity index (χ0v) is 26.6. The Hall–Kier alpha value is -3.72. The molecule has 3 aliphatic rings. The number of ether oxygens (including phenoxy) is 3. The Balaban J connectivity index is 0.00000357. The summed E-state index contributed by atoms with van der Waals surface area (Å²) in [6, 6.07) is 20.1. The minimum atomic E-state index is -0.202. The summed E-state index contributed by atoms with van der Waals surface area (Å²) in [5.74, 6) is 1.22. The van der Waals surface area contributed by atoms with Crippen molar-refractivity contribution in [3.63, 3.8) is 0 Å². The maximum atomic E-state index is 14.1. The standard InChI is InChI=1S/C36H35NO6S.ClH/c38-33(23-8-12-27(13-9-23)41-21-20-37-18-2-1-3-19-37)32-30-17-16-29(43-36(40)26-6-7-26)22-31(30)44-34(32)24-10-14-28(15-11-24)42-35(39)25-4-5-25;/h8-17,22,25-26H,1-7,18-21H2;1H. The zero-order valence-electron chi connectivity index (χ0n) is 25.0. The van der Waals surface area contributed by atoms with E-state index in [1.54, 1.807) is 18.2 Å². The maximum absolute atomic E-state index is 14.1. The summed E-state index contributed by atoms with van der Waals surface area (Å²) in [5, 5.41) is 0.798. The van der Waals surface area contributed by atoms with Crippen molar-refractivity contribution in [2.24, 2.45) is 11.8 Å². The molecular formula is C36H36ClNO6S. The molecule has 3 aromatic carbocycles. The minimum absolute atomic E-state index is 0. The molecule has 7 rings (SSSR count).